The van der Waals surface area contributed by atoms with Crippen molar-refractivity contribution in [3.63, 3.8) is 0 Å². The zero-order valence-electron chi connectivity index (χ0n) is 9.47. The smallest absolute Gasteiger partial charge is 0.181 e. The summed E-state index contributed by atoms with van der Waals surface area (Å²) in [5.74, 6) is 0. The number of sulfone groups is 1. The van der Waals surface area contributed by atoms with E-state index in [2.05, 4.69) is 0 Å². The molecule has 2 unspecified atom stereocenters. The van der Waals surface area contributed by atoms with E-state index in [1.54, 1.807) is 19.1 Å². The first-order valence-electron chi connectivity index (χ1n) is 5.43. The molecule has 1 aromatic rings. The third-order valence-electron chi connectivity index (χ3n) is 3.15. The topological polar surface area (TPSA) is 54.4 Å². The molecule has 0 spiro atoms. The summed E-state index contributed by atoms with van der Waals surface area (Å²) in [6.45, 7) is 3.56. The number of hydrogen-bond acceptors (Lipinski definition) is 3. The van der Waals surface area contributed by atoms with Crippen molar-refractivity contribution < 1.29 is 13.5 Å². The molecule has 16 heavy (non-hydrogen) atoms. The molecule has 0 fully saturated rings. The van der Waals surface area contributed by atoms with Crippen LogP contribution in [0, 0.1) is 6.92 Å². The summed E-state index contributed by atoms with van der Waals surface area (Å²) < 4.78 is 24.3. The minimum absolute atomic E-state index is 0.316. The second-order valence-electron chi connectivity index (χ2n) is 4.51. The summed E-state index contributed by atoms with van der Waals surface area (Å²) >= 11 is 0. The first-order valence-corrected chi connectivity index (χ1v) is 6.98. The van der Waals surface area contributed by atoms with Gasteiger partial charge in [-0.05, 0) is 43.9 Å². The molecule has 0 amide bonds. The lowest BCUT2D eigenvalue weighted by atomic mass is 10.0. The molecule has 0 radical (unpaired) electrons. The average Bonchev–Trinajstić information content (AvgIpc) is 2.41. The Hall–Kier alpha value is -0.870. The highest BCUT2D eigenvalue weighted by atomic mass is 32.2. The molecule has 1 N–H and O–H groups in total. The van der Waals surface area contributed by atoms with E-state index in [-0.39, 0.29) is 0 Å². The molecule has 0 aliphatic carbocycles. The zero-order valence-corrected chi connectivity index (χ0v) is 10.3. The van der Waals surface area contributed by atoms with Gasteiger partial charge in [-0.2, -0.15) is 0 Å². The van der Waals surface area contributed by atoms with Crippen LogP contribution in [0.4, 0.5) is 0 Å². The predicted octanol–water partition coefficient (Wildman–Crippen LogP) is 1.46. The van der Waals surface area contributed by atoms with E-state index >= 15 is 0 Å². The molecule has 0 saturated carbocycles. The summed E-state index contributed by atoms with van der Waals surface area (Å²) in [6.07, 6.45) is 0.278. The fraction of sp³-hybridized carbons (Fsp3) is 0.500. The molecule has 0 bridgehead atoms. The molecule has 1 heterocycles. The standard InChI is InChI=1S/C12H16O3S/c1-8-4-3-5-12-11(8)7-10(6-9(2)13)16(12,14)15/h3-5,9-10,13H,6-7H2,1-2H3. The summed E-state index contributed by atoms with van der Waals surface area (Å²) in [7, 11) is -3.22. The fourth-order valence-electron chi connectivity index (χ4n) is 2.31. The van der Waals surface area contributed by atoms with Gasteiger partial charge in [0, 0.05) is 0 Å². The highest BCUT2D eigenvalue weighted by molar-refractivity contribution is 7.92. The number of rotatable bonds is 2. The van der Waals surface area contributed by atoms with E-state index in [0.29, 0.717) is 17.7 Å². The Bertz CT molecular complexity index is 503. The van der Waals surface area contributed by atoms with Gasteiger partial charge in [-0.25, -0.2) is 8.42 Å². The number of hydrogen-bond donors (Lipinski definition) is 1. The lowest BCUT2D eigenvalue weighted by Gasteiger charge is -2.10. The molecule has 1 aliphatic rings. The Labute approximate surface area is 96.0 Å². The quantitative estimate of drug-likeness (QED) is 0.851. The summed E-state index contributed by atoms with van der Waals surface area (Å²) in [6, 6.07) is 5.37. The van der Waals surface area contributed by atoms with Crippen LogP contribution in [0.1, 0.15) is 24.5 Å². The van der Waals surface area contributed by atoms with Crippen molar-refractivity contribution in [3.8, 4) is 0 Å². The Morgan fingerprint density at radius 1 is 1.50 bits per heavy atom. The van der Waals surface area contributed by atoms with E-state index in [9.17, 15) is 13.5 Å². The van der Waals surface area contributed by atoms with Crippen molar-refractivity contribution in [1.29, 1.82) is 0 Å². The summed E-state index contributed by atoms with van der Waals surface area (Å²) in [4.78, 5) is 0.457. The van der Waals surface area contributed by atoms with Gasteiger partial charge in [0.25, 0.3) is 0 Å². The minimum atomic E-state index is -3.22. The molecule has 4 heteroatoms. The van der Waals surface area contributed by atoms with Crippen LogP contribution >= 0.6 is 0 Å². The maximum Gasteiger partial charge on any atom is 0.181 e. The number of aryl methyl sites for hydroxylation is 1. The largest absolute Gasteiger partial charge is 0.393 e. The van der Waals surface area contributed by atoms with Crippen molar-refractivity contribution in [2.24, 2.45) is 0 Å². The van der Waals surface area contributed by atoms with Gasteiger partial charge in [-0.3, -0.25) is 0 Å². The molecule has 88 valence electrons. The Morgan fingerprint density at radius 2 is 2.19 bits per heavy atom. The predicted molar refractivity (Wildman–Crippen MR) is 62.2 cm³/mol. The number of aliphatic hydroxyl groups excluding tert-OH is 1. The van der Waals surface area contributed by atoms with Gasteiger partial charge < -0.3 is 5.11 Å². The van der Waals surface area contributed by atoms with E-state index in [0.717, 1.165) is 11.1 Å². The molecule has 2 rings (SSSR count). The van der Waals surface area contributed by atoms with E-state index < -0.39 is 21.2 Å². The number of benzene rings is 1. The molecular formula is C12H16O3S. The van der Waals surface area contributed by atoms with E-state index in [1.165, 1.54) is 0 Å². The van der Waals surface area contributed by atoms with Crippen LogP contribution in [0.5, 0.6) is 0 Å². The molecule has 3 nitrogen and oxygen atoms in total. The van der Waals surface area contributed by atoms with Gasteiger partial charge in [0.05, 0.1) is 16.2 Å². The van der Waals surface area contributed by atoms with Crippen LogP contribution in [-0.2, 0) is 16.3 Å². The number of aliphatic hydroxyl groups is 1. The van der Waals surface area contributed by atoms with Crippen LogP contribution in [0.3, 0.4) is 0 Å². The van der Waals surface area contributed by atoms with Crippen LogP contribution in [0.2, 0.25) is 0 Å². The lowest BCUT2D eigenvalue weighted by Crippen LogP contribution is -2.22. The zero-order chi connectivity index (χ0) is 11.9. The normalized spacial score (nSPS) is 24.1. The first kappa shape index (κ1) is 11.6. The van der Waals surface area contributed by atoms with Gasteiger partial charge in [-0.1, -0.05) is 12.1 Å². The average molecular weight is 240 g/mol. The third-order valence-corrected chi connectivity index (χ3v) is 5.38. The summed E-state index contributed by atoms with van der Waals surface area (Å²) in [5, 5.41) is 8.87. The van der Waals surface area contributed by atoms with Crippen LogP contribution in [0.25, 0.3) is 0 Å². The van der Waals surface area contributed by atoms with Gasteiger partial charge in [0.15, 0.2) is 9.84 Å². The van der Waals surface area contributed by atoms with Crippen molar-refractivity contribution >= 4 is 9.84 Å². The van der Waals surface area contributed by atoms with E-state index in [1.807, 2.05) is 13.0 Å². The van der Waals surface area contributed by atoms with Gasteiger partial charge in [0.2, 0.25) is 0 Å². The van der Waals surface area contributed by atoms with Crippen molar-refractivity contribution in [3.05, 3.63) is 29.3 Å². The Morgan fingerprint density at radius 3 is 2.75 bits per heavy atom. The molecule has 0 aromatic heterocycles. The maximum absolute atomic E-state index is 12.2. The SMILES string of the molecule is Cc1cccc2c1CC(CC(C)O)S2(=O)=O. The second-order valence-corrected chi connectivity index (χ2v) is 6.70. The first-order chi connectivity index (χ1) is 7.43. The maximum atomic E-state index is 12.2. The Kier molecular flexibility index (Phi) is 2.80. The third kappa shape index (κ3) is 1.76. The molecule has 1 aliphatic heterocycles. The summed E-state index contributed by atoms with van der Waals surface area (Å²) in [5.41, 5.74) is 1.95. The highest BCUT2D eigenvalue weighted by Crippen LogP contribution is 2.35. The molecule has 1 aromatic carbocycles. The van der Waals surface area contributed by atoms with Crippen molar-refractivity contribution in [2.75, 3.05) is 0 Å². The van der Waals surface area contributed by atoms with Crippen LogP contribution < -0.4 is 0 Å². The minimum Gasteiger partial charge on any atom is -0.393 e. The van der Waals surface area contributed by atoms with Gasteiger partial charge >= 0.3 is 0 Å². The fourth-order valence-corrected chi connectivity index (χ4v) is 4.44. The monoisotopic (exact) mass is 240 g/mol. The van der Waals surface area contributed by atoms with Crippen LogP contribution in [-0.4, -0.2) is 24.9 Å². The van der Waals surface area contributed by atoms with Crippen LogP contribution in [0.15, 0.2) is 23.1 Å². The van der Waals surface area contributed by atoms with Crippen molar-refractivity contribution in [1.82, 2.24) is 0 Å². The molecule has 0 saturated heterocycles. The molecule has 2 atom stereocenters. The highest BCUT2D eigenvalue weighted by Gasteiger charge is 2.37. The lowest BCUT2D eigenvalue weighted by molar-refractivity contribution is 0.183. The van der Waals surface area contributed by atoms with Crippen molar-refractivity contribution in [2.45, 2.75) is 42.9 Å². The second kappa shape index (κ2) is 3.86. The molecular weight excluding hydrogens is 224 g/mol. The Balaban J connectivity index is 2.46. The van der Waals surface area contributed by atoms with Gasteiger partial charge in [-0.15, -0.1) is 0 Å². The van der Waals surface area contributed by atoms with E-state index in [4.69, 9.17) is 0 Å². The van der Waals surface area contributed by atoms with Gasteiger partial charge in [0.1, 0.15) is 0 Å². The number of fused-ring (bicyclic) bond motifs is 1.